The topological polar surface area (TPSA) is 96.0 Å². The van der Waals surface area contributed by atoms with Gasteiger partial charge in [0.2, 0.25) is 11.8 Å². The second-order valence-electron chi connectivity index (χ2n) is 9.80. The number of aryl methyl sites for hydroxylation is 1. The van der Waals surface area contributed by atoms with Crippen LogP contribution in [0.3, 0.4) is 0 Å². The van der Waals surface area contributed by atoms with Crippen LogP contribution in [0.5, 0.6) is 5.75 Å². The zero-order chi connectivity index (χ0) is 29.8. The van der Waals surface area contributed by atoms with E-state index in [4.69, 9.17) is 4.74 Å². The Morgan fingerprint density at radius 2 is 1.56 bits per heavy atom. The first-order chi connectivity index (χ1) is 19.7. The number of nitrogens with one attached hydrogen (secondary N) is 1. The Morgan fingerprint density at radius 3 is 2.20 bits per heavy atom. The average Bonchev–Trinajstić information content (AvgIpc) is 2.98. The molecule has 0 radical (unpaired) electrons. The van der Waals surface area contributed by atoms with Crippen LogP contribution in [0.15, 0.2) is 83.8 Å². The van der Waals surface area contributed by atoms with Crippen molar-refractivity contribution in [3.8, 4) is 5.75 Å². The zero-order valence-electron chi connectivity index (χ0n) is 24.4. The van der Waals surface area contributed by atoms with Crippen molar-refractivity contribution >= 4 is 27.5 Å². The van der Waals surface area contributed by atoms with Crippen molar-refractivity contribution < 1.29 is 22.7 Å². The summed E-state index contributed by atoms with van der Waals surface area (Å²) in [6.07, 6.45) is 2.12. The number of rotatable bonds is 15. The predicted molar refractivity (Wildman–Crippen MR) is 162 cm³/mol. The largest absolute Gasteiger partial charge is 0.492 e. The molecule has 2 amide bonds. The van der Waals surface area contributed by atoms with Crippen LogP contribution >= 0.6 is 0 Å². The van der Waals surface area contributed by atoms with Gasteiger partial charge in [-0.05, 0) is 56.5 Å². The molecule has 0 heterocycles. The van der Waals surface area contributed by atoms with Crippen LogP contribution in [0.4, 0.5) is 5.69 Å². The normalized spacial score (nSPS) is 11.9. The van der Waals surface area contributed by atoms with E-state index >= 15 is 0 Å². The number of sulfonamides is 1. The minimum atomic E-state index is -4.17. The molecule has 9 heteroatoms. The van der Waals surface area contributed by atoms with E-state index in [1.54, 1.807) is 42.5 Å². The number of carbonyl (C=O) groups excluding carboxylic acids is 2. The Bertz CT molecular complexity index is 1380. The molecule has 0 aliphatic carbocycles. The van der Waals surface area contributed by atoms with Gasteiger partial charge in [0, 0.05) is 13.1 Å². The fourth-order valence-corrected chi connectivity index (χ4v) is 5.94. The van der Waals surface area contributed by atoms with Gasteiger partial charge in [0.05, 0.1) is 17.2 Å². The summed E-state index contributed by atoms with van der Waals surface area (Å²) in [5.41, 5.74) is 2.17. The number of para-hydroxylation sites is 2. The number of nitrogens with zero attached hydrogens (tertiary/aromatic N) is 2. The molecule has 0 aromatic heterocycles. The molecule has 3 rings (SSSR count). The monoisotopic (exact) mass is 579 g/mol. The van der Waals surface area contributed by atoms with Crippen LogP contribution < -0.4 is 14.4 Å². The summed E-state index contributed by atoms with van der Waals surface area (Å²) in [6, 6.07) is 21.7. The van der Waals surface area contributed by atoms with Gasteiger partial charge in [-0.25, -0.2) is 8.42 Å². The average molecular weight is 580 g/mol. The van der Waals surface area contributed by atoms with E-state index in [0.717, 1.165) is 28.3 Å². The second kappa shape index (κ2) is 15.2. The highest BCUT2D eigenvalue weighted by atomic mass is 32.2. The van der Waals surface area contributed by atoms with Crippen molar-refractivity contribution in [2.24, 2.45) is 0 Å². The minimum absolute atomic E-state index is 0.0496. The van der Waals surface area contributed by atoms with Gasteiger partial charge < -0.3 is 15.0 Å². The molecule has 1 unspecified atom stereocenters. The first-order valence-corrected chi connectivity index (χ1v) is 15.6. The Morgan fingerprint density at radius 1 is 0.902 bits per heavy atom. The van der Waals surface area contributed by atoms with E-state index < -0.39 is 28.5 Å². The number of benzene rings is 3. The summed E-state index contributed by atoms with van der Waals surface area (Å²) in [7, 11) is -4.17. The van der Waals surface area contributed by atoms with Crippen LogP contribution in [0.1, 0.15) is 51.2 Å². The molecule has 0 fully saturated rings. The van der Waals surface area contributed by atoms with Gasteiger partial charge in [-0.3, -0.25) is 13.9 Å². The maximum Gasteiger partial charge on any atom is 0.264 e. The molecule has 8 nitrogen and oxygen atoms in total. The lowest BCUT2D eigenvalue weighted by atomic mass is 10.1. The number of anilines is 1. The maximum atomic E-state index is 14.2. The number of ether oxygens (including phenoxy) is 1. The van der Waals surface area contributed by atoms with Gasteiger partial charge >= 0.3 is 0 Å². The van der Waals surface area contributed by atoms with E-state index in [0.29, 0.717) is 25.3 Å². The Hall–Kier alpha value is -3.85. The van der Waals surface area contributed by atoms with Gasteiger partial charge in [-0.1, -0.05) is 80.4 Å². The summed E-state index contributed by atoms with van der Waals surface area (Å²) >= 11 is 0. The van der Waals surface area contributed by atoms with Gasteiger partial charge in [0.15, 0.2) is 0 Å². The number of carbonyl (C=O) groups is 2. The Balaban J connectivity index is 2.06. The van der Waals surface area contributed by atoms with Crippen LogP contribution in [0.2, 0.25) is 0 Å². The summed E-state index contributed by atoms with van der Waals surface area (Å²) in [5.74, 6) is -0.404. The summed E-state index contributed by atoms with van der Waals surface area (Å²) in [4.78, 5) is 29.0. The fourth-order valence-electron chi connectivity index (χ4n) is 4.49. The standard InChI is InChI=1S/C32H41N3O5S/c1-5-8-22-33-32(37)28(6-2)34(23-26-20-18-25(4)19-21-26)31(36)24-35(29-16-12-13-17-30(29)40-7-3)41(38,39)27-14-10-9-11-15-27/h9-21,28H,5-8,22-24H2,1-4H3,(H,33,37). The van der Waals surface area contributed by atoms with Gasteiger partial charge in [-0.2, -0.15) is 0 Å². The molecule has 0 saturated heterocycles. The molecule has 0 spiro atoms. The minimum Gasteiger partial charge on any atom is -0.492 e. The SMILES string of the molecule is CCCCNC(=O)C(CC)N(Cc1ccc(C)cc1)C(=O)CN(c1ccccc1OCC)S(=O)(=O)c1ccccc1. The third-order valence-electron chi connectivity index (χ3n) is 6.73. The fraction of sp³-hybridized carbons (Fsp3) is 0.375. The molecule has 0 aliphatic heterocycles. The maximum absolute atomic E-state index is 14.2. The molecule has 3 aromatic carbocycles. The van der Waals surface area contributed by atoms with Crippen molar-refractivity contribution in [3.05, 3.63) is 90.0 Å². The lowest BCUT2D eigenvalue weighted by molar-refractivity contribution is -0.140. The Labute approximate surface area is 244 Å². The molecular formula is C32H41N3O5S. The quantitative estimate of drug-likeness (QED) is 0.246. The van der Waals surface area contributed by atoms with Gasteiger partial charge in [-0.15, -0.1) is 0 Å². The lowest BCUT2D eigenvalue weighted by Crippen LogP contribution is -2.52. The van der Waals surface area contributed by atoms with Crippen LogP contribution in [0, 0.1) is 6.92 Å². The smallest absolute Gasteiger partial charge is 0.264 e. The predicted octanol–water partition coefficient (Wildman–Crippen LogP) is 5.31. The molecule has 41 heavy (non-hydrogen) atoms. The third-order valence-corrected chi connectivity index (χ3v) is 8.51. The van der Waals surface area contributed by atoms with Crippen molar-refractivity contribution in [1.29, 1.82) is 0 Å². The van der Waals surface area contributed by atoms with Crippen LogP contribution in [-0.2, 0) is 26.2 Å². The highest BCUT2D eigenvalue weighted by Crippen LogP contribution is 2.33. The molecule has 0 aliphatic rings. The second-order valence-corrected chi connectivity index (χ2v) is 11.7. The van der Waals surface area contributed by atoms with Crippen LogP contribution in [-0.4, -0.2) is 50.9 Å². The molecule has 0 bridgehead atoms. The molecule has 1 N–H and O–H groups in total. The number of hydrogen-bond donors (Lipinski definition) is 1. The lowest BCUT2D eigenvalue weighted by Gasteiger charge is -2.33. The van der Waals surface area contributed by atoms with Crippen molar-refractivity contribution in [3.63, 3.8) is 0 Å². The summed E-state index contributed by atoms with van der Waals surface area (Å²) in [6.45, 7) is 8.15. The zero-order valence-corrected chi connectivity index (χ0v) is 25.2. The Kier molecular flexibility index (Phi) is 11.8. The summed E-state index contributed by atoms with van der Waals surface area (Å²) in [5, 5.41) is 2.95. The van der Waals surface area contributed by atoms with E-state index in [1.165, 1.54) is 17.0 Å². The molecule has 1 atom stereocenters. The number of amides is 2. The van der Waals surface area contributed by atoms with E-state index in [1.807, 2.05) is 52.0 Å². The third kappa shape index (κ3) is 8.33. The van der Waals surface area contributed by atoms with Crippen molar-refractivity contribution in [2.75, 3.05) is 24.0 Å². The molecule has 0 saturated carbocycles. The van der Waals surface area contributed by atoms with E-state index in [-0.39, 0.29) is 23.0 Å². The van der Waals surface area contributed by atoms with Crippen LogP contribution in [0.25, 0.3) is 0 Å². The van der Waals surface area contributed by atoms with Gasteiger partial charge in [0.1, 0.15) is 18.3 Å². The number of unbranched alkanes of at least 4 members (excludes halogenated alkanes) is 1. The molecule has 3 aromatic rings. The first kappa shape index (κ1) is 31.7. The molecule has 220 valence electrons. The summed E-state index contributed by atoms with van der Waals surface area (Å²) < 4.78 is 34.9. The number of hydrogen-bond acceptors (Lipinski definition) is 5. The van der Waals surface area contributed by atoms with Gasteiger partial charge in [0.25, 0.3) is 10.0 Å². The van der Waals surface area contributed by atoms with Crippen molar-refractivity contribution in [1.82, 2.24) is 10.2 Å². The van der Waals surface area contributed by atoms with Crippen molar-refractivity contribution in [2.45, 2.75) is 64.4 Å². The van der Waals surface area contributed by atoms with E-state index in [2.05, 4.69) is 5.32 Å². The molecular weight excluding hydrogens is 538 g/mol. The van der Waals surface area contributed by atoms with E-state index in [9.17, 15) is 18.0 Å². The highest BCUT2D eigenvalue weighted by molar-refractivity contribution is 7.92. The highest BCUT2D eigenvalue weighted by Gasteiger charge is 2.34. The first-order valence-electron chi connectivity index (χ1n) is 14.1.